The molecule has 0 saturated heterocycles. The molecule has 0 aliphatic rings. The molecule has 0 bridgehead atoms. The van der Waals surface area contributed by atoms with E-state index in [1.165, 1.54) is 128 Å². The van der Waals surface area contributed by atoms with Gasteiger partial charge in [0.25, 0.3) is 0 Å². The van der Waals surface area contributed by atoms with Gasteiger partial charge in [-0.2, -0.15) is 0 Å². The van der Waals surface area contributed by atoms with E-state index in [0.29, 0.717) is 6.42 Å². The minimum atomic E-state index is -4.27. The SMILES string of the molecule is CCCCCC/C=C\C/C=C\CCCCCCCCCC(=O)OCC(COP(=O)(O)OC)OC(=O)CCCCCCCCCCC/C=C\C/C=C\CCCCCCC. The predicted molar refractivity (Wildman–Crippen MR) is 244 cm³/mol. The summed E-state index contributed by atoms with van der Waals surface area (Å²) in [5.41, 5.74) is 0. The number of ether oxygens (including phenoxy) is 2. The van der Waals surface area contributed by atoms with Crippen LogP contribution in [0.15, 0.2) is 48.6 Å². The second-order valence-electron chi connectivity index (χ2n) is 15.9. The molecule has 0 spiro atoms. The van der Waals surface area contributed by atoms with Crippen molar-refractivity contribution in [2.24, 2.45) is 0 Å². The fourth-order valence-corrected chi connectivity index (χ4v) is 7.06. The minimum Gasteiger partial charge on any atom is -0.462 e. The fraction of sp³-hybridized carbons (Fsp3) is 0.796. The molecule has 9 heteroatoms. The van der Waals surface area contributed by atoms with Gasteiger partial charge in [0, 0.05) is 20.0 Å². The topological polar surface area (TPSA) is 108 Å². The Kier molecular flexibility index (Phi) is 43.0. The third-order valence-corrected chi connectivity index (χ3v) is 11.2. The Hall–Kier alpha value is -1.99. The molecule has 0 aromatic carbocycles. The van der Waals surface area contributed by atoms with Gasteiger partial charge in [-0.05, 0) is 77.0 Å². The molecule has 0 fully saturated rings. The standard InChI is InChI=1S/C49H89O8P/c1-4-6-8-10-12-14-16-18-20-22-24-25-26-28-30-32-34-36-38-40-42-44-49(51)57-47(46-56-58(52,53)54-3)45-55-48(50)43-41-39-37-35-33-31-29-27-23-21-19-17-15-13-11-9-7-5-2/h15-18,21-24,47H,4-14,19-20,25-46H2,1-3H3,(H,52,53)/b17-15-,18-16-,23-21-,24-22-. The molecule has 0 aromatic heterocycles. The Balaban J connectivity index is 3.96. The van der Waals surface area contributed by atoms with Gasteiger partial charge in [0.05, 0.1) is 6.61 Å². The molecule has 8 nitrogen and oxygen atoms in total. The number of allylic oxidation sites excluding steroid dienone is 8. The first-order valence-corrected chi connectivity index (χ1v) is 25.3. The second-order valence-corrected chi connectivity index (χ2v) is 17.4. The van der Waals surface area contributed by atoms with Crippen LogP contribution >= 0.6 is 7.82 Å². The van der Waals surface area contributed by atoms with Crippen molar-refractivity contribution in [3.05, 3.63) is 48.6 Å². The molecule has 0 amide bonds. The minimum absolute atomic E-state index is 0.231. The van der Waals surface area contributed by atoms with Gasteiger partial charge < -0.3 is 14.4 Å². The van der Waals surface area contributed by atoms with Crippen molar-refractivity contribution in [1.29, 1.82) is 0 Å². The van der Waals surface area contributed by atoms with Crippen molar-refractivity contribution >= 4 is 19.8 Å². The van der Waals surface area contributed by atoms with Gasteiger partial charge >= 0.3 is 19.8 Å². The number of phosphoric acid groups is 1. The number of hydrogen-bond acceptors (Lipinski definition) is 7. The molecular formula is C49H89O8P. The summed E-state index contributed by atoms with van der Waals surface area (Å²) in [6.07, 6.45) is 54.5. The molecule has 0 rings (SSSR count). The Morgan fingerprint density at radius 3 is 1.22 bits per heavy atom. The maximum absolute atomic E-state index is 12.6. The van der Waals surface area contributed by atoms with Crippen LogP contribution in [0.2, 0.25) is 0 Å². The number of rotatable bonds is 44. The van der Waals surface area contributed by atoms with Gasteiger partial charge in [-0.15, -0.1) is 0 Å². The Morgan fingerprint density at radius 1 is 0.483 bits per heavy atom. The molecule has 0 aliphatic carbocycles. The predicted octanol–water partition coefficient (Wildman–Crippen LogP) is 15.3. The normalized spacial score (nSPS) is 13.7. The fourth-order valence-electron chi connectivity index (χ4n) is 6.60. The first-order valence-electron chi connectivity index (χ1n) is 23.8. The number of esters is 2. The van der Waals surface area contributed by atoms with E-state index in [0.717, 1.165) is 71.3 Å². The number of unbranched alkanes of at least 4 members (excludes halogenated alkanes) is 25. The monoisotopic (exact) mass is 837 g/mol. The average Bonchev–Trinajstić information content (AvgIpc) is 3.21. The van der Waals surface area contributed by atoms with E-state index in [4.69, 9.17) is 14.0 Å². The number of carbonyl (C=O) groups excluding carboxylic acids is 2. The molecule has 2 atom stereocenters. The molecule has 0 aromatic rings. The lowest BCUT2D eigenvalue weighted by molar-refractivity contribution is -0.161. The van der Waals surface area contributed by atoms with Crippen LogP contribution in [0.4, 0.5) is 0 Å². The van der Waals surface area contributed by atoms with E-state index in [-0.39, 0.29) is 25.4 Å². The lowest BCUT2D eigenvalue weighted by Gasteiger charge is -2.19. The molecule has 1 N–H and O–H groups in total. The van der Waals surface area contributed by atoms with E-state index in [2.05, 4.69) is 67.0 Å². The van der Waals surface area contributed by atoms with Gasteiger partial charge in [0.1, 0.15) is 6.61 Å². The molecule has 58 heavy (non-hydrogen) atoms. The highest BCUT2D eigenvalue weighted by Gasteiger charge is 2.24. The van der Waals surface area contributed by atoms with Crippen molar-refractivity contribution in [1.82, 2.24) is 0 Å². The largest absolute Gasteiger partial charge is 0.472 e. The van der Waals surface area contributed by atoms with Gasteiger partial charge in [-0.25, -0.2) is 4.57 Å². The van der Waals surface area contributed by atoms with E-state index in [9.17, 15) is 19.0 Å². The van der Waals surface area contributed by atoms with E-state index < -0.39 is 26.5 Å². The lowest BCUT2D eigenvalue weighted by atomic mass is 10.1. The molecule has 0 radical (unpaired) electrons. The molecular weight excluding hydrogens is 748 g/mol. The number of hydrogen-bond donors (Lipinski definition) is 1. The maximum atomic E-state index is 12.6. The molecule has 0 aliphatic heterocycles. The Bertz CT molecular complexity index is 1080. The zero-order chi connectivity index (χ0) is 42.5. The lowest BCUT2D eigenvalue weighted by Crippen LogP contribution is -2.29. The first-order chi connectivity index (χ1) is 28.3. The van der Waals surface area contributed by atoms with Crippen molar-refractivity contribution in [3.63, 3.8) is 0 Å². The molecule has 338 valence electrons. The van der Waals surface area contributed by atoms with E-state index >= 15 is 0 Å². The van der Waals surface area contributed by atoms with E-state index in [1.807, 2.05) is 0 Å². The summed E-state index contributed by atoms with van der Waals surface area (Å²) in [5.74, 6) is -0.814. The Labute approximate surface area is 357 Å². The van der Waals surface area contributed by atoms with Crippen LogP contribution in [0, 0.1) is 0 Å². The average molecular weight is 837 g/mol. The van der Waals surface area contributed by atoms with Crippen LogP contribution in [0.25, 0.3) is 0 Å². The highest BCUT2D eigenvalue weighted by atomic mass is 31.2. The number of phosphoric ester groups is 1. The summed E-state index contributed by atoms with van der Waals surface area (Å²) in [6, 6.07) is 0. The van der Waals surface area contributed by atoms with Crippen molar-refractivity contribution < 1.29 is 37.6 Å². The zero-order valence-electron chi connectivity index (χ0n) is 37.7. The van der Waals surface area contributed by atoms with Crippen LogP contribution in [-0.4, -0.2) is 43.3 Å². The maximum Gasteiger partial charge on any atom is 0.472 e. The number of carbonyl (C=O) groups is 2. The van der Waals surface area contributed by atoms with Gasteiger partial charge in [0.2, 0.25) is 0 Å². The summed E-state index contributed by atoms with van der Waals surface area (Å²) in [6.45, 7) is 3.87. The van der Waals surface area contributed by atoms with Crippen molar-refractivity contribution in [3.8, 4) is 0 Å². The second kappa shape index (κ2) is 44.6. The molecule has 0 saturated carbocycles. The highest BCUT2D eigenvalue weighted by molar-refractivity contribution is 7.47. The summed E-state index contributed by atoms with van der Waals surface area (Å²) in [5, 5.41) is 0. The third-order valence-electron chi connectivity index (χ3n) is 10.3. The Morgan fingerprint density at radius 2 is 0.828 bits per heavy atom. The van der Waals surface area contributed by atoms with Gasteiger partial charge in [-0.3, -0.25) is 18.6 Å². The van der Waals surface area contributed by atoms with Crippen molar-refractivity contribution in [2.75, 3.05) is 20.3 Å². The van der Waals surface area contributed by atoms with Crippen molar-refractivity contribution in [2.45, 2.75) is 232 Å². The summed E-state index contributed by atoms with van der Waals surface area (Å²) >= 11 is 0. The molecule has 0 heterocycles. The quantitative estimate of drug-likeness (QED) is 0.0280. The highest BCUT2D eigenvalue weighted by Crippen LogP contribution is 2.42. The van der Waals surface area contributed by atoms with Crippen LogP contribution in [-0.2, 0) is 32.7 Å². The summed E-state index contributed by atoms with van der Waals surface area (Å²) in [7, 11) is -3.21. The van der Waals surface area contributed by atoms with Crippen LogP contribution in [0.3, 0.4) is 0 Å². The van der Waals surface area contributed by atoms with E-state index in [1.54, 1.807) is 0 Å². The van der Waals surface area contributed by atoms with Crippen LogP contribution < -0.4 is 0 Å². The van der Waals surface area contributed by atoms with Gasteiger partial charge in [0.15, 0.2) is 6.10 Å². The van der Waals surface area contributed by atoms with Crippen LogP contribution in [0.5, 0.6) is 0 Å². The van der Waals surface area contributed by atoms with Crippen LogP contribution in [0.1, 0.15) is 226 Å². The summed E-state index contributed by atoms with van der Waals surface area (Å²) < 4.78 is 32.1. The zero-order valence-corrected chi connectivity index (χ0v) is 38.6. The third kappa shape index (κ3) is 43.6. The first kappa shape index (κ1) is 56.0. The molecule has 2 unspecified atom stereocenters. The summed E-state index contributed by atoms with van der Waals surface area (Å²) in [4.78, 5) is 34.6. The smallest absolute Gasteiger partial charge is 0.462 e. The van der Waals surface area contributed by atoms with Gasteiger partial charge in [-0.1, -0.05) is 184 Å².